The van der Waals surface area contributed by atoms with Gasteiger partial charge in [-0.2, -0.15) is 0 Å². The van der Waals surface area contributed by atoms with Crippen LogP contribution in [-0.2, 0) is 4.79 Å². The summed E-state index contributed by atoms with van der Waals surface area (Å²) in [5.74, 6) is 0.597. The molecular formula is C13H18N3O2STl. The first kappa shape index (κ1) is 17.4. The van der Waals surface area contributed by atoms with Gasteiger partial charge in [0.25, 0.3) is 0 Å². The molecule has 5 nitrogen and oxygen atoms in total. The van der Waals surface area contributed by atoms with Gasteiger partial charge in [-0.25, -0.2) is 0 Å². The van der Waals surface area contributed by atoms with Crippen LogP contribution in [0.25, 0.3) is 0 Å². The predicted octanol–water partition coefficient (Wildman–Crippen LogP) is -0.0611. The first-order valence-corrected chi connectivity index (χ1v) is 12.9. The molecule has 20 heavy (non-hydrogen) atoms. The molecule has 0 spiro atoms. The zero-order valence-corrected chi connectivity index (χ0v) is 16.5. The first-order valence-electron chi connectivity index (χ1n) is 6.36. The van der Waals surface area contributed by atoms with Crippen LogP contribution in [0.2, 0.25) is 0 Å². The van der Waals surface area contributed by atoms with Crippen LogP contribution in [0.1, 0.15) is 10.4 Å². The van der Waals surface area contributed by atoms with Gasteiger partial charge in [-0.1, -0.05) is 18.2 Å². The molecule has 0 aromatic heterocycles. The normalized spacial score (nSPS) is 9.95. The number of hydrogen-bond acceptors (Lipinski definition) is 4. The van der Waals surface area contributed by atoms with E-state index >= 15 is 0 Å². The van der Waals surface area contributed by atoms with Crippen LogP contribution in [0.3, 0.4) is 0 Å². The SMILES string of the molecule is O=C(C[S][Tl])NCCNCCNC(=O)c1ccccc1. The van der Waals surface area contributed by atoms with Gasteiger partial charge in [-0.3, -0.25) is 0 Å². The van der Waals surface area contributed by atoms with Gasteiger partial charge in [0.2, 0.25) is 0 Å². The van der Waals surface area contributed by atoms with Crippen molar-refractivity contribution in [3.8, 4) is 0 Å². The average molecular weight is 485 g/mol. The van der Waals surface area contributed by atoms with E-state index in [1.54, 1.807) is 20.4 Å². The van der Waals surface area contributed by atoms with E-state index in [4.69, 9.17) is 0 Å². The third-order valence-electron chi connectivity index (χ3n) is 2.46. The van der Waals surface area contributed by atoms with Gasteiger partial charge < -0.3 is 0 Å². The molecule has 0 aliphatic rings. The zero-order chi connectivity index (χ0) is 14.6. The van der Waals surface area contributed by atoms with Crippen molar-refractivity contribution in [2.24, 2.45) is 0 Å². The second kappa shape index (κ2) is 11.1. The molecule has 0 saturated carbocycles. The molecule has 0 bridgehead atoms. The maximum atomic E-state index is 11.7. The van der Waals surface area contributed by atoms with Crippen molar-refractivity contribution < 1.29 is 9.59 Å². The van der Waals surface area contributed by atoms with Crippen LogP contribution in [0.5, 0.6) is 0 Å². The summed E-state index contributed by atoms with van der Waals surface area (Å²) < 4.78 is 0. The Morgan fingerprint density at radius 2 is 1.65 bits per heavy atom. The summed E-state index contributed by atoms with van der Waals surface area (Å²) in [7, 11) is 1.67. The molecule has 106 valence electrons. The fourth-order valence-corrected chi connectivity index (χ4v) is 3.52. The van der Waals surface area contributed by atoms with Gasteiger partial charge in [-0.15, -0.1) is 0 Å². The van der Waals surface area contributed by atoms with Crippen LogP contribution in [0.4, 0.5) is 0 Å². The number of carbonyl (C=O) groups excluding carboxylic acids is 2. The summed E-state index contributed by atoms with van der Waals surface area (Å²) >= 11 is 0.803. The van der Waals surface area contributed by atoms with E-state index in [0.29, 0.717) is 37.5 Å². The number of nitrogens with one attached hydrogen (secondary N) is 3. The second-order valence-corrected chi connectivity index (χ2v) is 8.54. The third kappa shape index (κ3) is 7.85. The fraction of sp³-hybridized carbons (Fsp3) is 0.385. The molecule has 0 radical (unpaired) electrons. The standard InChI is InChI=1S/C13H19N3O2S.Tl/c17-12(10-19)15-8-6-14-7-9-16-13(18)11-4-2-1-3-5-11;/h1-5,14,19H,6-10H2,(H,15,17)(H,16,18);/q;+1/p-1. The number of carbonyl (C=O) groups is 2. The molecule has 0 heterocycles. The smallest absolute Gasteiger partial charge is 0.0622 e. The van der Waals surface area contributed by atoms with E-state index in [1.165, 1.54) is 0 Å². The van der Waals surface area contributed by atoms with Gasteiger partial charge >= 0.3 is 107 Å². The predicted molar refractivity (Wildman–Crippen MR) is 82.9 cm³/mol. The number of benzene rings is 1. The molecule has 0 fully saturated rings. The van der Waals surface area contributed by atoms with Crippen LogP contribution in [0.15, 0.2) is 30.3 Å². The van der Waals surface area contributed by atoms with Gasteiger partial charge in [0, 0.05) is 0 Å². The van der Waals surface area contributed by atoms with Gasteiger partial charge in [0.1, 0.15) is 0 Å². The Morgan fingerprint density at radius 3 is 2.30 bits per heavy atom. The summed E-state index contributed by atoms with van der Waals surface area (Å²) in [6.07, 6.45) is 0. The molecule has 0 saturated heterocycles. The molecule has 1 rings (SSSR count). The van der Waals surface area contributed by atoms with Gasteiger partial charge in [-0.05, 0) is 12.1 Å². The van der Waals surface area contributed by atoms with E-state index in [-0.39, 0.29) is 11.8 Å². The Kier molecular flexibility index (Phi) is 9.68. The Balaban J connectivity index is 2.00. The molecule has 3 N–H and O–H groups in total. The summed E-state index contributed by atoms with van der Waals surface area (Å²) in [6, 6.07) is 9.13. The summed E-state index contributed by atoms with van der Waals surface area (Å²) in [4.78, 5) is 22.9. The first-order chi connectivity index (χ1) is 9.74. The molecule has 1 aromatic carbocycles. The minimum atomic E-state index is -0.0642. The van der Waals surface area contributed by atoms with Crippen LogP contribution in [0, 0.1) is 0 Å². The molecule has 0 aliphatic heterocycles. The van der Waals surface area contributed by atoms with Crippen LogP contribution >= 0.6 is 8.31 Å². The number of rotatable bonds is 9. The molecule has 7 heteroatoms. The molecule has 0 aliphatic carbocycles. The summed E-state index contributed by atoms with van der Waals surface area (Å²) in [6.45, 7) is 2.59. The summed E-state index contributed by atoms with van der Waals surface area (Å²) in [5, 5.41) is 8.82. The van der Waals surface area contributed by atoms with Crippen LogP contribution in [-0.4, -0.2) is 68.0 Å². The van der Waals surface area contributed by atoms with E-state index < -0.39 is 0 Å². The van der Waals surface area contributed by atoms with E-state index in [1.807, 2.05) is 18.2 Å². The van der Waals surface area contributed by atoms with Crippen molar-refractivity contribution >= 4 is 44.4 Å². The van der Waals surface area contributed by atoms with Crippen molar-refractivity contribution in [1.29, 1.82) is 0 Å². The van der Waals surface area contributed by atoms with Gasteiger partial charge in [0.15, 0.2) is 0 Å². The monoisotopic (exact) mass is 485 g/mol. The van der Waals surface area contributed by atoms with Crippen molar-refractivity contribution in [2.75, 3.05) is 31.9 Å². The Hall–Kier alpha value is -0.608. The minimum Gasteiger partial charge on any atom is -0.0622 e. The Morgan fingerprint density at radius 1 is 1.00 bits per heavy atom. The van der Waals surface area contributed by atoms with E-state index in [2.05, 4.69) is 16.0 Å². The molecular weight excluding hydrogens is 467 g/mol. The average Bonchev–Trinajstić information content (AvgIpc) is 2.47. The number of amides is 2. The fourth-order valence-electron chi connectivity index (χ4n) is 1.50. The molecule has 2 amide bonds. The minimum absolute atomic E-state index is 0.0642. The topological polar surface area (TPSA) is 70.2 Å². The number of hydrogen-bond donors (Lipinski definition) is 3. The van der Waals surface area contributed by atoms with Crippen molar-refractivity contribution in [3.63, 3.8) is 0 Å². The van der Waals surface area contributed by atoms with Crippen molar-refractivity contribution in [3.05, 3.63) is 35.9 Å². The third-order valence-corrected chi connectivity index (χ3v) is 4.83. The summed E-state index contributed by atoms with van der Waals surface area (Å²) in [5.41, 5.74) is 0.668. The Labute approximate surface area is 137 Å². The van der Waals surface area contributed by atoms with Gasteiger partial charge in [0.05, 0.1) is 0 Å². The Bertz CT molecular complexity index is 417. The molecule has 0 unspecified atom stereocenters. The molecule has 1 aromatic rings. The second-order valence-electron chi connectivity index (χ2n) is 4.03. The van der Waals surface area contributed by atoms with Crippen molar-refractivity contribution in [1.82, 2.24) is 16.0 Å². The molecule has 0 atom stereocenters. The van der Waals surface area contributed by atoms with E-state index in [0.717, 1.165) is 24.3 Å². The van der Waals surface area contributed by atoms with Crippen molar-refractivity contribution in [2.45, 2.75) is 0 Å². The zero-order valence-electron chi connectivity index (χ0n) is 11.2. The van der Waals surface area contributed by atoms with E-state index in [9.17, 15) is 9.59 Å². The van der Waals surface area contributed by atoms with Crippen LogP contribution < -0.4 is 16.0 Å². The quantitative estimate of drug-likeness (QED) is 0.339. The maximum absolute atomic E-state index is 11.7.